The topological polar surface area (TPSA) is 98.9 Å². The van der Waals surface area contributed by atoms with Gasteiger partial charge in [0, 0.05) is 18.8 Å². The molecule has 4 rings (SSSR count). The number of fused-ring (bicyclic) bond motifs is 1. The Labute approximate surface area is 142 Å². The fraction of sp³-hybridized carbons (Fsp3) is 0.222. The van der Waals surface area contributed by atoms with Crippen LogP contribution in [-0.2, 0) is 0 Å². The first-order valence-corrected chi connectivity index (χ1v) is 8.12. The van der Waals surface area contributed by atoms with Gasteiger partial charge in [0.05, 0.1) is 22.5 Å². The highest BCUT2D eigenvalue weighted by molar-refractivity contribution is 5.94. The summed E-state index contributed by atoms with van der Waals surface area (Å²) in [5.41, 5.74) is 0.568. The van der Waals surface area contributed by atoms with Gasteiger partial charge in [-0.1, -0.05) is 12.1 Å². The van der Waals surface area contributed by atoms with Gasteiger partial charge < -0.3 is 14.9 Å². The van der Waals surface area contributed by atoms with Crippen molar-refractivity contribution in [3.8, 4) is 0 Å². The number of benzene rings is 1. The van der Waals surface area contributed by atoms with Crippen LogP contribution in [0.3, 0.4) is 0 Å². The van der Waals surface area contributed by atoms with Crippen molar-refractivity contribution in [3.63, 3.8) is 0 Å². The largest absolute Gasteiger partial charge is 0.328 e. The van der Waals surface area contributed by atoms with E-state index in [1.54, 1.807) is 23.1 Å². The van der Waals surface area contributed by atoms with E-state index in [0.717, 1.165) is 12.8 Å². The molecule has 1 aromatic carbocycles. The third-order valence-corrected chi connectivity index (χ3v) is 4.49. The number of rotatable bonds is 2. The molecule has 7 nitrogen and oxygen atoms in total. The molecule has 1 aliphatic rings. The first kappa shape index (κ1) is 15.3. The smallest absolute Gasteiger partial charge is 0.258 e. The summed E-state index contributed by atoms with van der Waals surface area (Å²) in [6.45, 7) is 0.583. The van der Waals surface area contributed by atoms with Gasteiger partial charge in [-0.05, 0) is 31.0 Å². The van der Waals surface area contributed by atoms with Crippen molar-refractivity contribution in [2.75, 3.05) is 6.54 Å². The molecule has 2 N–H and O–H groups in total. The molecule has 0 radical (unpaired) electrons. The number of nitrogens with one attached hydrogen (secondary N) is 2. The number of nitrogens with zero attached hydrogens (tertiary/aromatic N) is 2. The highest BCUT2D eigenvalue weighted by atomic mass is 16.2. The minimum absolute atomic E-state index is 0.186. The second-order valence-corrected chi connectivity index (χ2v) is 6.07. The Bertz CT molecular complexity index is 1050. The fourth-order valence-corrected chi connectivity index (χ4v) is 3.27. The molecule has 2 aromatic heterocycles. The molecule has 1 unspecified atom stereocenters. The van der Waals surface area contributed by atoms with Gasteiger partial charge in [0.2, 0.25) is 5.56 Å². The van der Waals surface area contributed by atoms with Crippen LogP contribution in [-0.4, -0.2) is 32.3 Å². The zero-order valence-electron chi connectivity index (χ0n) is 13.4. The van der Waals surface area contributed by atoms with Gasteiger partial charge in [0.15, 0.2) is 0 Å². The summed E-state index contributed by atoms with van der Waals surface area (Å²) < 4.78 is 0. The maximum atomic E-state index is 12.8. The van der Waals surface area contributed by atoms with Crippen molar-refractivity contribution < 1.29 is 4.79 Å². The Morgan fingerprint density at radius 2 is 2.00 bits per heavy atom. The van der Waals surface area contributed by atoms with Crippen molar-refractivity contribution >= 4 is 16.8 Å². The summed E-state index contributed by atoms with van der Waals surface area (Å²) in [7, 11) is 0. The molecule has 7 heteroatoms. The van der Waals surface area contributed by atoms with Gasteiger partial charge in [-0.2, -0.15) is 0 Å². The molecule has 0 spiro atoms. The van der Waals surface area contributed by atoms with Crippen LogP contribution in [0.2, 0.25) is 0 Å². The normalized spacial score (nSPS) is 17.1. The minimum Gasteiger partial charge on any atom is -0.328 e. The average molecular weight is 336 g/mol. The summed E-state index contributed by atoms with van der Waals surface area (Å²) in [5.74, 6) is 0.313. The quantitative estimate of drug-likeness (QED) is 0.742. The molecule has 3 heterocycles. The summed E-state index contributed by atoms with van der Waals surface area (Å²) >= 11 is 0. The Balaban J connectivity index is 1.72. The van der Waals surface area contributed by atoms with Crippen LogP contribution < -0.4 is 11.1 Å². The standard InChI is InChI=1S/C18H16N4O3/c23-15-8-7-11(10-19-15)18(25)22-9-3-6-14(22)16-20-13-5-2-1-4-12(13)17(24)21-16/h1-2,4-5,7-8,10,14H,3,6,9H2,(H,19,23)(H,20,21,24). The number of carbonyl (C=O) groups is 1. The van der Waals surface area contributed by atoms with Crippen LogP contribution in [0.5, 0.6) is 0 Å². The summed E-state index contributed by atoms with van der Waals surface area (Å²) in [4.78, 5) is 47.8. The van der Waals surface area contributed by atoms with E-state index in [9.17, 15) is 14.4 Å². The fourth-order valence-electron chi connectivity index (χ4n) is 3.27. The van der Waals surface area contributed by atoms with E-state index in [4.69, 9.17) is 0 Å². The molecule has 0 aliphatic carbocycles. The first-order chi connectivity index (χ1) is 12.1. The minimum atomic E-state index is -0.281. The van der Waals surface area contributed by atoms with E-state index >= 15 is 0 Å². The summed E-state index contributed by atoms with van der Waals surface area (Å²) in [6.07, 6.45) is 2.98. The highest BCUT2D eigenvalue weighted by Crippen LogP contribution is 2.31. The van der Waals surface area contributed by atoms with Crippen LogP contribution in [0, 0.1) is 0 Å². The first-order valence-electron chi connectivity index (χ1n) is 8.12. The molecule has 0 saturated carbocycles. The van der Waals surface area contributed by atoms with E-state index in [-0.39, 0.29) is 23.1 Å². The lowest BCUT2D eigenvalue weighted by atomic mass is 10.1. The predicted molar refractivity (Wildman–Crippen MR) is 92.4 cm³/mol. The molecular weight excluding hydrogens is 320 g/mol. The molecule has 126 valence electrons. The number of aromatic nitrogens is 3. The molecule has 0 bridgehead atoms. The van der Waals surface area contributed by atoms with E-state index in [2.05, 4.69) is 15.0 Å². The van der Waals surface area contributed by atoms with E-state index < -0.39 is 0 Å². The number of aromatic amines is 2. The number of amides is 1. The van der Waals surface area contributed by atoms with Gasteiger partial charge in [0.1, 0.15) is 5.82 Å². The Hall–Kier alpha value is -3.22. The molecule has 1 aliphatic heterocycles. The highest BCUT2D eigenvalue weighted by Gasteiger charge is 2.32. The van der Waals surface area contributed by atoms with Crippen LogP contribution in [0.4, 0.5) is 0 Å². The number of carbonyl (C=O) groups excluding carboxylic acids is 1. The van der Waals surface area contributed by atoms with Gasteiger partial charge in [0.25, 0.3) is 11.5 Å². The van der Waals surface area contributed by atoms with Crippen molar-refractivity contribution in [2.24, 2.45) is 0 Å². The number of hydrogen-bond acceptors (Lipinski definition) is 4. The van der Waals surface area contributed by atoms with Gasteiger partial charge >= 0.3 is 0 Å². The lowest BCUT2D eigenvalue weighted by Gasteiger charge is -2.24. The maximum absolute atomic E-state index is 12.8. The summed E-state index contributed by atoms with van der Waals surface area (Å²) in [6, 6.07) is 9.69. The zero-order chi connectivity index (χ0) is 17.4. The molecule has 3 aromatic rings. The predicted octanol–water partition coefficient (Wildman–Crippen LogP) is 1.59. The molecular formula is C18H16N4O3. The number of hydrogen-bond donors (Lipinski definition) is 2. The van der Waals surface area contributed by atoms with Crippen molar-refractivity contribution in [3.05, 3.63) is 74.7 Å². The zero-order valence-corrected chi connectivity index (χ0v) is 13.4. The van der Waals surface area contributed by atoms with Crippen LogP contribution in [0.25, 0.3) is 10.9 Å². The van der Waals surface area contributed by atoms with Gasteiger partial charge in [-0.25, -0.2) is 4.98 Å². The monoisotopic (exact) mass is 336 g/mol. The molecule has 1 atom stereocenters. The van der Waals surface area contributed by atoms with E-state index in [0.29, 0.717) is 28.8 Å². The van der Waals surface area contributed by atoms with Crippen molar-refractivity contribution in [2.45, 2.75) is 18.9 Å². The SMILES string of the molecule is O=C(c1ccc(=O)[nH]c1)N1CCCC1c1nc2ccccc2c(=O)[nH]1. The lowest BCUT2D eigenvalue weighted by molar-refractivity contribution is 0.0729. The van der Waals surface area contributed by atoms with E-state index in [1.165, 1.54) is 18.3 Å². The lowest BCUT2D eigenvalue weighted by Crippen LogP contribution is -2.32. The third kappa shape index (κ3) is 2.73. The van der Waals surface area contributed by atoms with Crippen LogP contribution >= 0.6 is 0 Å². The Kier molecular flexibility index (Phi) is 3.68. The Morgan fingerprint density at radius 3 is 2.80 bits per heavy atom. The van der Waals surface area contributed by atoms with Crippen molar-refractivity contribution in [1.82, 2.24) is 19.9 Å². The maximum Gasteiger partial charge on any atom is 0.258 e. The van der Waals surface area contributed by atoms with Crippen LogP contribution in [0.1, 0.15) is 35.1 Å². The molecule has 25 heavy (non-hydrogen) atoms. The number of likely N-dealkylation sites (tertiary alicyclic amines) is 1. The molecule has 1 saturated heterocycles. The third-order valence-electron chi connectivity index (χ3n) is 4.49. The van der Waals surface area contributed by atoms with Gasteiger partial charge in [-0.15, -0.1) is 0 Å². The molecule has 1 amide bonds. The summed E-state index contributed by atoms with van der Waals surface area (Å²) in [5, 5.41) is 0.530. The average Bonchev–Trinajstić information content (AvgIpc) is 3.11. The number of H-pyrrole nitrogens is 2. The van der Waals surface area contributed by atoms with Crippen molar-refractivity contribution in [1.29, 1.82) is 0 Å². The number of para-hydroxylation sites is 1. The second kappa shape index (κ2) is 6.01. The number of pyridine rings is 1. The van der Waals surface area contributed by atoms with E-state index in [1.807, 2.05) is 6.07 Å². The molecule has 1 fully saturated rings. The van der Waals surface area contributed by atoms with Gasteiger partial charge in [-0.3, -0.25) is 14.4 Å². The van der Waals surface area contributed by atoms with Crippen LogP contribution in [0.15, 0.2) is 52.2 Å². The second-order valence-electron chi connectivity index (χ2n) is 6.07. The Morgan fingerprint density at radius 1 is 1.16 bits per heavy atom.